The fraction of sp³-hybridized carbons (Fsp3) is 0.591. The zero-order chi connectivity index (χ0) is 20.9. The number of benzene rings is 1. The first-order valence-corrected chi connectivity index (χ1v) is 10.5. The lowest BCUT2D eigenvalue weighted by Gasteiger charge is -2.28. The third-order valence-corrected chi connectivity index (χ3v) is 5.37. The highest BCUT2D eigenvalue weighted by Gasteiger charge is 2.24. The average Bonchev–Trinajstić information content (AvgIpc) is 3.08. The van der Waals surface area contributed by atoms with Crippen molar-refractivity contribution in [1.29, 1.82) is 0 Å². The zero-order valence-corrected chi connectivity index (χ0v) is 18.3. The molecular formula is C22H34N6O. The largest absolute Gasteiger partial charge is 0.377 e. The number of rotatable bonds is 7. The molecule has 1 aromatic heterocycles. The summed E-state index contributed by atoms with van der Waals surface area (Å²) in [5.41, 5.74) is 2.62. The van der Waals surface area contributed by atoms with E-state index in [1.54, 1.807) is 7.11 Å². The molecule has 0 radical (unpaired) electrons. The third kappa shape index (κ3) is 5.35. The monoisotopic (exact) mass is 398 g/mol. The van der Waals surface area contributed by atoms with Gasteiger partial charge in [-0.2, -0.15) is 5.10 Å². The molecule has 0 saturated heterocycles. The number of hydrogen-bond acceptors (Lipinski definition) is 4. The number of nitrogens with one attached hydrogen (secondary N) is 2. The topological polar surface area (TPSA) is 76.4 Å². The van der Waals surface area contributed by atoms with E-state index in [1.807, 2.05) is 4.68 Å². The van der Waals surface area contributed by atoms with Crippen LogP contribution in [0.3, 0.4) is 0 Å². The summed E-state index contributed by atoms with van der Waals surface area (Å²) in [6, 6.07) is 8.84. The lowest BCUT2D eigenvalue weighted by molar-refractivity contribution is 0.177. The van der Waals surface area contributed by atoms with E-state index >= 15 is 0 Å². The minimum Gasteiger partial charge on any atom is -0.377 e. The molecule has 7 heteroatoms. The molecule has 1 unspecified atom stereocenters. The normalized spacial score (nSPS) is 17.1. The number of aromatic nitrogens is 3. The zero-order valence-electron chi connectivity index (χ0n) is 18.3. The smallest absolute Gasteiger partial charge is 0.191 e. The Kier molecular flexibility index (Phi) is 6.90. The number of methoxy groups -OCH3 is 1. The second-order valence-corrected chi connectivity index (χ2v) is 8.33. The second-order valence-electron chi connectivity index (χ2n) is 8.33. The van der Waals surface area contributed by atoms with Crippen LogP contribution in [-0.2, 0) is 29.7 Å². The maximum Gasteiger partial charge on any atom is 0.191 e. The van der Waals surface area contributed by atoms with Gasteiger partial charge in [-0.05, 0) is 31.4 Å². The van der Waals surface area contributed by atoms with Gasteiger partial charge < -0.3 is 15.4 Å². The quantitative estimate of drug-likeness (QED) is 0.554. The molecular weight excluding hydrogens is 364 g/mol. The predicted molar refractivity (Wildman–Crippen MR) is 116 cm³/mol. The molecule has 1 aromatic carbocycles. The number of aryl methyl sites for hydroxylation is 2. The minimum atomic E-state index is -0.0333. The van der Waals surface area contributed by atoms with Gasteiger partial charge in [-0.25, -0.2) is 9.67 Å². The summed E-state index contributed by atoms with van der Waals surface area (Å²) in [6.07, 6.45) is 1.92. The molecule has 29 heavy (non-hydrogen) atoms. The molecule has 2 heterocycles. The molecule has 2 aromatic rings. The second kappa shape index (κ2) is 9.39. The van der Waals surface area contributed by atoms with Gasteiger partial charge in [-0.3, -0.25) is 4.99 Å². The number of fused-ring (bicyclic) bond motifs is 1. The van der Waals surface area contributed by atoms with Crippen LogP contribution in [0.1, 0.15) is 50.0 Å². The molecule has 0 bridgehead atoms. The molecule has 1 aliphatic rings. The van der Waals surface area contributed by atoms with Crippen LogP contribution in [0, 0.1) is 6.92 Å². The standard InChI is InChI=1S/C22H34N6O/c1-6-23-21(24-15-22(3,4)18-10-8-7-9-16(18)2)25-17-11-12-20-26-19(14-29-5)27-28(20)13-17/h7-10,17H,6,11-15H2,1-5H3,(H2,23,24,25). The summed E-state index contributed by atoms with van der Waals surface area (Å²) >= 11 is 0. The Morgan fingerprint density at radius 2 is 2.14 bits per heavy atom. The SMILES string of the molecule is CCNC(=NCC(C)(C)c1ccccc1C)NC1CCc2nc(COC)nn2C1. The third-order valence-electron chi connectivity index (χ3n) is 5.37. The first-order valence-electron chi connectivity index (χ1n) is 10.5. The average molecular weight is 399 g/mol. The molecule has 2 N–H and O–H groups in total. The fourth-order valence-electron chi connectivity index (χ4n) is 3.88. The van der Waals surface area contributed by atoms with Crippen molar-refractivity contribution in [3.8, 4) is 0 Å². The van der Waals surface area contributed by atoms with Gasteiger partial charge in [0.05, 0.1) is 13.1 Å². The summed E-state index contributed by atoms with van der Waals surface area (Å²) in [6.45, 7) is 11.6. The highest BCUT2D eigenvalue weighted by Crippen LogP contribution is 2.26. The van der Waals surface area contributed by atoms with Crippen molar-refractivity contribution in [2.24, 2.45) is 4.99 Å². The van der Waals surface area contributed by atoms with E-state index < -0.39 is 0 Å². The summed E-state index contributed by atoms with van der Waals surface area (Å²) in [4.78, 5) is 9.47. The minimum absolute atomic E-state index is 0.0333. The Morgan fingerprint density at radius 1 is 1.34 bits per heavy atom. The van der Waals surface area contributed by atoms with Crippen LogP contribution >= 0.6 is 0 Å². The number of nitrogens with zero attached hydrogens (tertiary/aromatic N) is 4. The highest BCUT2D eigenvalue weighted by atomic mass is 16.5. The van der Waals surface area contributed by atoms with Crippen molar-refractivity contribution >= 4 is 5.96 Å². The van der Waals surface area contributed by atoms with Crippen LogP contribution < -0.4 is 10.6 Å². The van der Waals surface area contributed by atoms with Crippen LogP contribution in [0.15, 0.2) is 29.3 Å². The summed E-state index contributed by atoms with van der Waals surface area (Å²) in [7, 11) is 1.67. The lowest BCUT2D eigenvalue weighted by Crippen LogP contribution is -2.47. The Bertz CT molecular complexity index is 842. The van der Waals surface area contributed by atoms with Crippen molar-refractivity contribution in [3.05, 3.63) is 47.0 Å². The molecule has 0 saturated carbocycles. The van der Waals surface area contributed by atoms with Gasteiger partial charge in [-0.1, -0.05) is 38.1 Å². The van der Waals surface area contributed by atoms with E-state index in [1.165, 1.54) is 11.1 Å². The van der Waals surface area contributed by atoms with Crippen molar-refractivity contribution in [1.82, 2.24) is 25.4 Å². The van der Waals surface area contributed by atoms with E-state index in [0.717, 1.165) is 43.5 Å². The Labute approximate surface area is 174 Å². The number of ether oxygens (including phenoxy) is 1. The van der Waals surface area contributed by atoms with E-state index in [4.69, 9.17) is 9.73 Å². The van der Waals surface area contributed by atoms with Crippen molar-refractivity contribution in [3.63, 3.8) is 0 Å². The Balaban J connectivity index is 1.67. The summed E-state index contributed by atoms with van der Waals surface area (Å²) < 4.78 is 7.15. The summed E-state index contributed by atoms with van der Waals surface area (Å²) in [5, 5.41) is 11.5. The fourth-order valence-corrected chi connectivity index (χ4v) is 3.88. The van der Waals surface area contributed by atoms with Crippen molar-refractivity contribution < 1.29 is 4.74 Å². The molecule has 1 aliphatic heterocycles. The molecule has 3 rings (SSSR count). The number of aliphatic imine (C=N–C) groups is 1. The maximum atomic E-state index is 5.15. The maximum absolute atomic E-state index is 5.15. The van der Waals surface area contributed by atoms with Crippen LogP contribution in [0.4, 0.5) is 0 Å². The molecule has 1 atom stereocenters. The molecule has 0 spiro atoms. The summed E-state index contributed by atoms with van der Waals surface area (Å²) in [5.74, 6) is 2.65. The lowest BCUT2D eigenvalue weighted by atomic mass is 9.82. The van der Waals surface area contributed by atoms with Crippen LogP contribution in [-0.4, -0.2) is 47.0 Å². The van der Waals surface area contributed by atoms with E-state index in [2.05, 4.69) is 72.7 Å². The van der Waals surface area contributed by atoms with Gasteiger partial charge in [0.2, 0.25) is 0 Å². The number of hydrogen-bond donors (Lipinski definition) is 2. The van der Waals surface area contributed by atoms with Crippen molar-refractivity contribution in [2.75, 3.05) is 20.2 Å². The Morgan fingerprint density at radius 3 is 2.86 bits per heavy atom. The first kappa shape index (κ1) is 21.3. The molecule has 158 valence electrons. The molecule has 7 nitrogen and oxygen atoms in total. The van der Waals surface area contributed by atoms with E-state index in [-0.39, 0.29) is 11.5 Å². The van der Waals surface area contributed by atoms with Crippen LogP contribution in [0.2, 0.25) is 0 Å². The van der Waals surface area contributed by atoms with E-state index in [9.17, 15) is 0 Å². The van der Waals surface area contributed by atoms with Gasteiger partial charge >= 0.3 is 0 Å². The molecule has 0 aliphatic carbocycles. The van der Waals surface area contributed by atoms with Crippen LogP contribution in [0.5, 0.6) is 0 Å². The Hall–Kier alpha value is -2.41. The van der Waals surface area contributed by atoms with E-state index in [0.29, 0.717) is 13.2 Å². The van der Waals surface area contributed by atoms with Gasteiger partial charge in [-0.15, -0.1) is 0 Å². The van der Waals surface area contributed by atoms with Gasteiger partial charge in [0, 0.05) is 31.5 Å². The molecule has 0 amide bonds. The first-order chi connectivity index (χ1) is 13.9. The van der Waals surface area contributed by atoms with Gasteiger partial charge in [0.25, 0.3) is 0 Å². The molecule has 0 fully saturated rings. The number of guanidine groups is 1. The van der Waals surface area contributed by atoms with Gasteiger partial charge in [0.15, 0.2) is 11.8 Å². The van der Waals surface area contributed by atoms with Crippen LogP contribution in [0.25, 0.3) is 0 Å². The highest BCUT2D eigenvalue weighted by molar-refractivity contribution is 5.80. The van der Waals surface area contributed by atoms with Crippen molar-refractivity contribution in [2.45, 2.75) is 65.1 Å². The predicted octanol–water partition coefficient (Wildman–Crippen LogP) is 2.58. The van der Waals surface area contributed by atoms with Gasteiger partial charge in [0.1, 0.15) is 12.4 Å².